The van der Waals surface area contributed by atoms with Crippen LogP contribution in [-0.2, 0) is 14.3 Å². The van der Waals surface area contributed by atoms with Crippen LogP contribution < -0.4 is 10.6 Å². The highest BCUT2D eigenvalue weighted by Gasteiger charge is 2.31. The van der Waals surface area contributed by atoms with E-state index in [0.717, 1.165) is 45.2 Å². The van der Waals surface area contributed by atoms with Crippen LogP contribution in [-0.4, -0.2) is 62.1 Å². The molecule has 6 nitrogen and oxygen atoms in total. The maximum atomic E-state index is 12.5. The summed E-state index contributed by atoms with van der Waals surface area (Å²) < 4.78 is 5.47. The Balaban J connectivity index is 0.00000312. The van der Waals surface area contributed by atoms with Gasteiger partial charge in [-0.15, -0.1) is 12.4 Å². The van der Waals surface area contributed by atoms with E-state index in [-0.39, 0.29) is 42.2 Å². The van der Waals surface area contributed by atoms with Gasteiger partial charge in [-0.05, 0) is 52.5 Å². The molecule has 0 aliphatic carbocycles. The van der Waals surface area contributed by atoms with Crippen LogP contribution in [0.2, 0.25) is 0 Å². The van der Waals surface area contributed by atoms with Crippen LogP contribution in [0.25, 0.3) is 0 Å². The lowest BCUT2D eigenvalue weighted by Gasteiger charge is -2.34. The third kappa shape index (κ3) is 7.50. The topological polar surface area (TPSA) is 70.7 Å². The van der Waals surface area contributed by atoms with E-state index in [4.69, 9.17) is 4.74 Å². The van der Waals surface area contributed by atoms with Crippen LogP contribution in [0, 0.1) is 11.8 Å². The van der Waals surface area contributed by atoms with Gasteiger partial charge in [0.05, 0.1) is 12.0 Å². The largest absolute Gasteiger partial charge is 0.379 e. The van der Waals surface area contributed by atoms with Crippen molar-refractivity contribution in [1.29, 1.82) is 0 Å². The molecular weight excluding hydrogens is 342 g/mol. The number of piperidine rings is 2. The lowest BCUT2D eigenvalue weighted by Crippen LogP contribution is -2.48. The zero-order valence-corrected chi connectivity index (χ0v) is 16.4. The fourth-order valence-electron chi connectivity index (χ4n) is 3.43. The Morgan fingerprint density at radius 1 is 1.20 bits per heavy atom. The van der Waals surface area contributed by atoms with E-state index in [1.54, 1.807) is 0 Å². The molecule has 2 aliphatic heterocycles. The van der Waals surface area contributed by atoms with E-state index in [1.165, 1.54) is 0 Å². The van der Waals surface area contributed by atoms with E-state index < -0.39 is 0 Å². The molecule has 0 aromatic rings. The van der Waals surface area contributed by atoms with Crippen molar-refractivity contribution in [2.75, 3.05) is 39.3 Å². The standard InChI is InChI=1S/C18H33N3O3.ClH/c1-14(2)24-12-4-9-20-17(22)15-6-10-21(11-7-15)18(23)16-5-3-8-19-13-16;/h14-16,19H,3-13H2,1-2H3,(H,20,22);1H. The minimum atomic E-state index is 0. The number of carbonyl (C=O) groups is 2. The van der Waals surface area contributed by atoms with Gasteiger partial charge < -0.3 is 20.3 Å². The monoisotopic (exact) mass is 375 g/mol. The van der Waals surface area contributed by atoms with Gasteiger partial charge in [-0.25, -0.2) is 0 Å². The summed E-state index contributed by atoms with van der Waals surface area (Å²) in [6.07, 6.45) is 4.71. The summed E-state index contributed by atoms with van der Waals surface area (Å²) in [7, 11) is 0. The molecule has 2 aliphatic rings. The molecule has 2 heterocycles. The number of carbonyl (C=O) groups excluding carboxylic acids is 2. The summed E-state index contributed by atoms with van der Waals surface area (Å²) in [5.41, 5.74) is 0. The molecule has 2 saturated heterocycles. The van der Waals surface area contributed by atoms with Crippen LogP contribution in [0.4, 0.5) is 0 Å². The Labute approximate surface area is 157 Å². The number of nitrogens with one attached hydrogen (secondary N) is 2. The van der Waals surface area contributed by atoms with Crippen molar-refractivity contribution in [3.8, 4) is 0 Å². The van der Waals surface area contributed by atoms with Crippen molar-refractivity contribution in [2.45, 2.75) is 52.1 Å². The smallest absolute Gasteiger partial charge is 0.226 e. The molecule has 2 N–H and O–H groups in total. The van der Waals surface area contributed by atoms with E-state index in [0.29, 0.717) is 26.2 Å². The Hall–Kier alpha value is -0.850. The molecule has 2 amide bonds. The molecule has 146 valence electrons. The first kappa shape index (κ1) is 22.2. The van der Waals surface area contributed by atoms with Gasteiger partial charge in [-0.2, -0.15) is 0 Å². The van der Waals surface area contributed by atoms with Gasteiger partial charge in [0, 0.05) is 38.7 Å². The molecule has 25 heavy (non-hydrogen) atoms. The number of ether oxygens (including phenoxy) is 1. The lowest BCUT2D eigenvalue weighted by molar-refractivity contribution is -0.139. The number of rotatable bonds is 7. The van der Waals surface area contributed by atoms with Crippen LogP contribution in [0.1, 0.15) is 46.0 Å². The summed E-state index contributed by atoms with van der Waals surface area (Å²) in [4.78, 5) is 26.7. The second-order valence-corrected chi connectivity index (χ2v) is 7.21. The van der Waals surface area contributed by atoms with Crippen molar-refractivity contribution in [1.82, 2.24) is 15.5 Å². The Bertz CT molecular complexity index is 406. The summed E-state index contributed by atoms with van der Waals surface area (Å²) in [5.74, 6) is 0.576. The van der Waals surface area contributed by atoms with Gasteiger partial charge in [0.25, 0.3) is 0 Å². The highest BCUT2D eigenvalue weighted by molar-refractivity contribution is 5.85. The number of nitrogens with zero attached hydrogens (tertiary/aromatic N) is 1. The molecule has 1 unspecified atom stereocenters. The molecule has 0 bridgehead atoms. The first-order valence-electron chi connectivity index (χ1n) is 9.46. The summed E-state index contributed by atoms with van der Waals surface area (Å²) in [5, 5.41) is 6.30. The quantitative estimate of drug-likeness (QED) is 0.663. The molecule has 2 fully saturated rings. The normalized spacial score (nSPS) is 21.7. The van der Waals surface area contributed by atoms with Crippen LogP contribution in [0.5, 0.6) is 0 Å². The zero-order chi connectivity index (χ0) is 17.4. The molecule has 0 aromatic carbocycles. The first-order chi connectivity index (χ1) is 11.6. The number of amides is 2. The summed E-state index contributed by atoms with van der Waals surface area (Å²) in [6, 6.07) is 0. The third-order valence-corrected chi connectivity index (χ3v) is 4.90. The van der Waals surface area contributed by atoms with Crippen LogP contribution in [0.3, 0.4) is 0 Å². The Morgan fingerprint density at radius 3 is 2.52 bits per heavy atom. The maximum Gasteiger partial charge on any atom is 0.226 e. The van der Waals surface area contributed by atoms with E-state index in [9.17, 15) is 9.59 Å². The second-order valence-electron chi connectivity index (χ2n) is 7.21. The first-order valence-corrected chi connectivity index (χ1v) is 9.46. The molecule has 0 spiro atoms. The fourth-order valence-corrected chi connectivity index (χ4v) is 3.43. The summed E-state index contributed by atoms with van der Waals surface area (Å²) in [6.45, 7) is 8.62. The van der Waals surface area contributed by atoms with E-state index in [1.807, 2.05) is 18.7 Å². The number of hydrogen-bond acceptors (Lipinski definition) is 4. The Morgan fingerprint density at radius 2 is 1.92 bits per heavy atom. The number of hydrogen-bond donors (Lipinski definition) is 2. The van der Waals surface area contributed by atoms with Gasteiger partial charge in [0.2, 0.25) is 11.8 Å². The van der Waals surface area contributed by atoms with Crippen molar-refractivity contribution < 1.29 is 14.3 Å². The minimum Gasteiger partial charge on any atom is -0.379 e. The maximum absolute atomic E-state index is 12.5. The predicted octanol–water partition coefficient (Wildman–Crippen LogP) is 1.58. The number of likely N-dealkylation sites (tertiary alicyclic amines) is 1. The van der Waals surface area contributed by atoms with E-state index in [2.05, 4.69) is 10.6 Å². The van der Waals surface area contributed by atoms with Gasteiger partial charge in [0.15, 0.2) is 0 Å². The highest BCUT2D eigenvalue weighted by Crippen LogP contribution is 2.21. The summed E-state index contributed by atoms with van der Waals surface area (Å²) >= 11 is 0. The average Bonchev–Trinajstić information content (AvgIpc) is 2.61. The average molecular weight is 376 g/mol. The van der Waals surface area contributed by atoms with Crippen LogP contribution in [0.15, 0.2) is 0 Å². The SMILES string of the molecule is CC(C)OCCCNC(=O)C1CCN(C(=O)C2CCCNC2)CC1.Cl. The van der Waals surface area contributed by atoms with Crippen molar-refractivity contribution >= 4 is 24.2 Å². The fraction of sp³-hybridized carbons (Fsp3) is 0.889. The lowest BCUT2D eigenvalue weighted by atomic mass is 9.93. The number of halogens is 1. The van der Waals surface area contributed by atoms with Crippen LogP contribution >= 0.6 is 12.4 Å². The molecule has 1 atom stereocenters. The minimum absolute atomic E-state index is 0. The molecule has 0 radical (unpaired) electrons. The Kier molecular flexibility index (Phi) is 10.4. The van der Waals surface area contributed by atoms with Crippen molar-refractivity contribution in [3.63, 3.8) is 0 Å². The van der Waals surface area contributed by atoms with Gasteiger partial charge >= 0.3 is 0 Å². The zero-order valence-electron chi connectivity index (χ0n) is 15.6. The van der Waals surface area contributed by atoms with Crippen molar-refractivity contribution in [3.05, 3.63) is 0 Å². The van der Waals surface area contributed by atoms with Gasteiger partial charge in [-0.1, -0.05) is 0 Å². The highest BCUT2D eigenvalue weighted by atomic mass is 35.5. The molecule has 0 saturated carbocycles. The predicted molar refractivity (Wildman–Crippen MR) is 101 cm³/mol. The van der Waals surface area contributed by atoms with Crippen molar-refractivity contribution in [2.24, 2.45) is 11.8 Å². The molecule has 0 aromatic heterocycles. The molecule has 2 rings (SSSR count). The van der Waals surface area contributed by atoms with Gasteiger partial charge in [-0.3, -0.25) is 9.59 Å². The molecular formula is C18H34ClN3O3. The van der Waals surface area contributed by atoms with Gasteiger partial charge in [0.1, 0.15) is 0 Å². The second kappa shape index (κ2) is 11.7. The molecule has 7 heteroatoms. The third-order valence-electron chi connectivity index (χ3n) is 4.90. The van der Waals surface area contributed by atoms with E-state index >= 15 is 0 Å².